The first-order chi connectivity index (χ1) is 9.42. The van der Waals surface area contributed by atoms with Crippen molar-refractivity contribution in [3.8, 4) is 6.07 Å². The Hall–Kier alpha value is -1.13. The van der Waals surface area contributed by atoms with Crippen molar-refractivity contribution in [2.45, 2.75) is 36.1 Å². The number of hydrogen-bond donors (Lipinski definition) is 2. The number of nitrogens with one attached hydrogen (secondary N) is 1. The molecule has 2 N–H and O–H groups in total. The van der Waals surface area contributed by atoms with Gasteiger partial charge in [0.2, 0.25) is 10.0 Å². The number of hydrogen-bond acceptors (Lipinski definition) is 4. The van der Waals surface area contributed by atoms with Crippen LogP contribution in [0.3, 0.4) is 0 Å². The van der Waals surface area contributed by atoms with E-state index in [1.807, 2.05) is 6.07 Å². The summed E-state index contributed by atoms with van der Waals surface area (Å²) in [5, 5.41) is 18.4. The lowest BCUT2D eigenvalue weighted by atomic mass is 10.0. The van der Waals surface area contributed by atoms with Gasteiger partial charge in [0, 0.05) is 0 Å². The fourth-order valence-electron chi connectivity index (χ4n) is 2.44. The van der Waals surface area contributed by atoms with Crippen LogP contribution in [0.5, 0.6) is 0 Å². The lowest BCUT2D eigenvalue weighted by Crippen LogP contribution is -2.49. The zero-order chi connectivity index (χ0) is 14.8. The molecule has 2 rings (SSSR count). The summed E-state index contributed by atoms with van der Waals surface area (Å²) in [6.07, 6.45) is 3.01. The van der Waals surface area contributed by atoms with E-state index in [0.717, 1.165) is 12.8 Å². The number of benzene rings is 1. The summed E-state index contributed by atoms with van der Waals surface area (Å²) >= 11 is 5.86. The molecular weight excluding hydrogens is 300 g/mol. The summed E-state index contributed by atoms with van der Waals surface area (Å²) in [6.45, 7) is -0.226. The van der Waals surface area contributed by atoms with Crippen LogP contribution < -0.4 is 4.72 Å². The molecule has 0 saturated heterocycles. The predicted octanol–water partition coefficient (Wildman–Crippen LogP) is 1.80. The Morgan fingerprint density at radius 1 is 1.40 bits per heavy atom. The van der Waals surface area contributed by atoms with Gasteiger partial charge in [-0.3, -0.25) is 0 Å². The van der Waals surface area contributed by atoms with E-state index in [-0.39, 0.29) is 22.1 Å². The van der Waals surface area contributed by atoms with E-state index in [1.165, 1.54) is 18.2 Å². The second kappa shape index (κ2) is 5.70. The first-order valence-electron chi connectivity index (χ1n) is 6.27. The van der Waals surface area contributed by atoms with Crippen LogP contribution in [0.1, 0.15) is 31.2 Å². The third-order valence-corrected chi connectivity index (χ3v) is 5.47. The number of sulfonamides is 1. The Labute approximate surface area is 123 Å². The van der Waals surface area contributed by atoms with Crippen LogP contribution in [-0.2, 0) is 10.0 Å². The van der Waals surface area contributed by atoms with Crippen molar-refractivity contribution in [2.75, 3.05) is 6.61 Å². The molecule has 0 radical (unpaired) electrons. The molecule has 0 bridgehead atoms. The maximum absolute atomic E-state index is 12.3. The fourth-order valence-corrected chi connectivity index (χ4v) is 4.21. The Morgan fingerprint density at radius 2 is 2.05 bits per heavy atom. The standard InChI is InChI=1S/C13H15ClN2O3S/c14-12-7-11(4-3-10(12)8-15)20(18,19)16-13(9-17)5-1-2-6-13/h3-4,7,16-17H,1-2,5-6,9H2. The first kappa shape index (κ1) is 15.3. The number of aliphatic hydroxyl groups is 1. The lowest BCUT2D eigenvalue weighted by Gasteiger charge is -2.27. The van der Waals surface area contributed by atoms with Gasteiger partial charge >= 0.3 is 0 Å². The molecule has 0 heterocycles. The minimum Gasteiger partial charge on any atom is -0.394 e. The van der Waals surface area contributed by atoms with Crippen LogP contribution in [0.25, 0.3) is 0 Å². The van der Waals surface area contributed by atoms with Gasteiger partial charge in [0.15, 0.2) is 0 Å². The highest BCUT2D eigenvalue weighted by atomic mass is 35.5. The number of nitriles is 1. The Morgan fingerprint density at radius 3 is 2.55 bits per heavy atom. The zero-order valence-corrected chi connectivity index (χ0v) is 12.3. The molecule has 108 valence electrons. The molecule has 7 heteroatoms. The summed E-state index contributed by atoms with van der Waals surface area (Å²) in [4.78, 5) is 0.00113. The van der Waals surface area contributed by atoms with E-state index in [9.17, 15) is 13.5 Å². The van der Waals surface area contributed by atoms with Crippen molar-refractivity contribution in [1.29, 1.82) is 5.26 Å². The van der Waals surface area contributed by atoms with Crippen LogP contribution in [0, 0.1) is 11.3 Å². The molecule has 1 fully saturated rings. The summed E-state index contributed by atoms with van der Waals surface area (Å²) in [5.41, 5.74) is -0.553. The molecule has 1 aromatic rings. The van der Waals surface area contributed by atoms with Crippen molar-refractivity contribution >= 4 is 21.6 Å². The highest BCUT2D eigenvalue weighted by Crippen LogP contribution is 2.31. The van der Waals surface area contributed by atoms with E-state index in [0.29, 0.717) is 12.8 Å². The average molecular weight is 315 g/mol. The van der Waals surface area contributed by atoms with Gasteiger partial charge in [-0.1, -0.05) is 24.4 Å². The fraction of sp³-hybridized carbons (Fsp3) is 0.462. The Kier molecular flexibility index (Phi) is 4.35. The van der Waals surface area contributed by atoms with Crippen LogP contribution in [0.15, 0.2) is 23.1 Å². The molecule has 0 aromatic heterocycles. The number of rotatable bonds is 4. The number of aliphatic hydroxyl groups excluding tert-OH is 1. The molecule has 0 aliphatic heterocycles. The van der Waals surface area contributed by atoms with Crippen LogP contribution in [-0.4, -0.2) is 25.7 Å². The maximum atomic E-state index is 12.3. The molecule has 0 spiro atoms. The van der Waals surface area contributed by atoms with Crippen LogP contribution >= 0.6 is 11.6 Å². The summed E-state index contributed by atoms with van der Waals surface area (Å²) < 4.78 is 27.3. The van der Waals surface area contributed by atoms with Crippen molar-refractivity contribution in [3.05, 3.63) is 28.8 Å². The molecule has 0 atom stereocenters. The van der Waals surface area contributed by atoms with Gasteiger partial charge in [0.05, 0.1) is 27.6 Å². The van der Waals surface area contributed by atoms with Gasteiger partial charge in [-0.2, -0.15) is 5.26 Å². The molecule has 20 heavy (non-hydrogen) atoms. The molecule has 0 amide bonds. The van der Waals surface area contributed by atoms with Gasteiger partial charge in [-0.15, -0.1) is 0 Å². The zero-order valence-electron chi connectivity index (χ0n) is 10.8. The van der Waals surface area contributed by atoms with E-state index in [1.54, 1.807) is 0 Å². The maximum Gasteiger partial charge on any atom is 0.241 e. The third kappa shape index (κ3) is 2.96. The Bertz CT molecular complexity index is 646. The monoisotopic (exact) mass is 314 g/mol. The highest BCUT2D eigenvalue weighted by Gasteiger charge is 2.37. The number of halogens is 1. The minimum absolute atomic E-state index is 0.00113. The molecule has 1 aromatic carbocycles. The molecule has 1 aliphatic carbocycles. The van der Waals surface area contributed by atoms with E-state index in [2.05, 4.69) is 4.72 Å². The van der Waals surface area contributed by atoms with Crippen molar-refractivity contribution in [3.63, 3.8) is 0 Å². The second-order valence-electron chi connectivity index (χ2n) is 5.00. The smallest absolute Gasteiger partial charge is 0.241 e. The summed E-state index contributed by atoms with van der Waals surface area (Å²) in [6, 6.07) is 5.84. The predicted molar refractivity (Wildman–Crippen MR) is 74.8 cm³/mol. The van der Waals surface area contributed by atoms with Crippen molar-refractivity contribution in [1.82, 2.24) is 4.72 Å². The summed E-state index contributed by atoms with van der Waals surface area (Å²) in [7, 11) is -3.77. The van der Waals surface area contributed by atoms with Gasteiger partial charge < -0.3 is 5.11 Å². The SMILES string of the molecule is N#Cc1ccc(S(=O)(=O)NC2(CO)CCCC2)cc1Cl. The van der Waals surface area contributed by atoms with E-state index >= 15 is 0 Å². The van der Waals surface area contributed by atoms with E-state index < -0.39 is 15.6 Å². The highest BCUT2D eigenvalue weighted by molar-refractivity contribution is 7.89. The topological polar surface area (TPSA) is 90.2 Å². The van der Waals surface area contributed by atoms with Gasteiger partial charge in [-0.25, -0.2) is 13.1 Å². The molecular formula is C13H15ClN2O3S. The normalized spacial score (nSPS) is 17.9. The van der Waals surface area contributed by atoms with Crippen molar-refractivity contribution < 1.29 is 13.5 Å². The van der Waals surface area contributed by atoms with Crippen LogP contribution in [0.2, 0.25) is 5.02 Å². The minimum atomic E-state index is -3.77. The molecule has 1 saturated carbocycles. The van der Waals surface area contributed by atoms with Crippen molar-refractivity contribution in [2.24, 2.45) is 0 Å². The molecule has 1 aliphatic rings. The largest absolute Gasteiger partial charge is 0.394 e. The lowest BCUT2D eigenvalue weighted by molar-refractivity contribution is 0.185. The molecule has 0 unspecified atom stereocenters. The van der Waals surface area contributed by atoms with Gasteiger partial charge in [0.1, 0.15) is 6.07 Å². The Balaban J connectivity index is 2.31. The molecule has 5 nitrogen and oxygen atoms in total. The second-order valence-corrected chi connectivity index (χ2v) is 7.09. The van der Waals surface area contributed by atoms with E-state index in [4.69, 9.17) is 16.9 Å². The van der Waals surface area contributed by atoms with Gasteiger partial charge in [0.25, 0.3) is 0 Å². The van der Waals surface area contributed by atoms with Gasteiger partial charge in [-0.05, 0) is 31.0 Å². The first-order valence-corrected chi connectivity index (χ1v) is 8.13. The number of nitrogens with zero attached hydrogens (tertiary/aromatic N) is 1. The quantitative estimate of drug-likeness (QED) is 0.886. The third-order valence-electron chi connectivity index (χ3n) is 3.59. The average Bonchev–Trinajstić information content (AvgIpc) is 2.87. The summed E-state index contributed by atoms with van der Waals surface area (Å²) in [5.74, 6) is 0. The van der Waals surface area contributed by atoms with Crippen LogP contribution in [0.4, 0.5) is 0 Å².